The molecule has 1 N–H and O–H groups in total. The lowest BCUT2D eigenvalue weighted by Crippen LogP contribution is -2.54. The Labute approximate surface area is 236 Å². The number of carboxylic acid groups (broad SMARTS) is 1. The van der Waals surface area contributed by atoms with Gasteiger partial charge in [0.15, 0.2) is 0 Å². The Morgan fingerprint density at radius 2 is 1.93 bits per heavy atom. The summed E-state index contributed by atoms with van der Waals surface area (Å²) in [6, 6.07) is 1.06. The first kappa shape index (κ1) is 32.0. The number of likely N-dealkylation sites (tertiary alicyclic amines) is 1. The largest absolute Gasteiger partial charge is 0.465 e. The number of halogens is 3. The van der Waals surface area contributed by atoms with Crippen molar-refractivity contribution in [1.29, 1.82) is 0 Å². The summed E-state index contributed by atoms with van der Waals surface area (Å²) in [5.74, 6) is -1.16. The number of carbonyl (C=O) groups excluding carboxylic acids is 2. The Bertz CT molecular complexity index is 1100. The number of anilines is 1. The van der Waals surface area contributed by atoms with Gasteiger partial charge in [-0.3, -0.25) is 9.59 Å². The van der Waals surface area contributed by atoms with Gasteiger partial charge in [-0.25, -0.2) is 4.79 Å². The van der Waals surface area contributed by atoms with Crippen molar-refractivity contribution in [2.45, 2.75) is 74.4 Å². The van der Waals surface area contributed by atoms with E-state index < -0.39 is 46.1 Å². The fourth-order valence-corrected chi connectivity index (χ4v) is 6.69. The molecule has 9 nitrogen and oxygen atoms in total. The van der Waals surface area contributed by atoms with E-state index in [1.54, 1.807) is 27.9 Å². The number of rotatable bonds is 10. The van der Waals surface area contributed by atoms with Crippen LogP contribution in [0.1, 0.15) is 62.4 Å². The van der Waals surface area contributed by atoms with E-state index in [2.05, 4.69) is 0 Å². The van der Waals surface area contributed by atoms with Crippen LogP contribution in [-0.4, -0.2) is 96.7 Å². The molecule has 3 amide bonds. The molecule has 1 saturated heterocycles. The van der Waals surface area contributed by atoms with Crippen molar-refractivity contribution in [3.8, 4) is 0 Å². The molecular weight excluding hydrogens is 551 g/mol. The smallest absolute Gasteiger partial charge is 0.417 e. The number of nitrogens with zero attached hydrogens (tertiary/aromatic N) is 3. The van der Waals surface area contributed by atoms with E-state index in [0.29, 0.717) is 38.8 Å². The summed E-state index contributed by atoms with van der Waals surface area (Å²) in [7, 11) is 2.99. The number of benzene rings is 1. The molecule has 224 valence electrons. The third kappa shape index (κ3) is 6.85. The molecule has 1 fully saturated rings. The first-order valence-electron chi connectivity index (χ1n) is 13.3. The Balaban J connectivity index is 2.12. The van der Waals surface area contributed by atoms with E-state index >= 15 is 0 Å². The fraction of sp³-hybridized carbons (Fsp3) is 0.667. The lowest BCUT2D eigenvalue weighted by Gasteiger charge is -2.42. The number of alkyl halides is 3. The third-order valence-electron chi connectivity index (χ3n) is 7.21. The second-order valence-corrected chi connectivity index (χ2v) is 12.2. The number of thioether (sulfide) groups is 1. The van der Waals surface area contributed by atoms with Crippen molar-refractivity contribution in [1.82, 2.24) is 9.80 Å². The summed E-state index contributed by atoms with van der Waals surface area (Å²) >= 11 is 0.999. The molecule has 2 aliphatic heterocycles. The number of amides is 3. The van der Waals surface area contributed by atoms with Crippen LogP contribution in [0.15, 0.2) is 17.0 Å². The highest BCUT2D eigenvalue weighted by Crippen LogP contribution is 2.49. The Hall–Kier alpha value is -2.51. The highest BCUT2D eigenvalue weighted by atomic mass is 32.2. The maximum absolute atomic E-state index is 14.5. The first-order chi connectivity index (χ1) is 18.7. The predicted molar refractivity (Wildman–Crippen MR) is 145 cm³/mol. The van der Waals surface area contributed by atoms with Crippen LogP contribution in [0.25, 0.3) is 0 Å². The number of ether oxygens (including phenoxy) is 2. The van der Waals surface area contributed by atoms with Crippen molar-refractivity contribution in [3.05, 3.63) is 23.3 Å². The number of piperidine rings is 1. The molecule has 2 atom stereocenters. The van der Waals surface area contributed by atoms with E-state index in [9.17, 15) is 32.7 Å². The Morgan fingerprint density at radius 3 is 2.50 bits per heavy atom. The average Bonchev–Trinajstić information content (AvgIpc) is 2.87. The predicted octanol–water partition coefficient (Wildman–Crippen LogP) is 4.97. The van der Waals surface area contributed by atoms with Gasteiger partial charge in [0.25, 0.3) is 5.91 Å². The van der Waals surface area contributed by atoms with E-state index in [1.165, 1.54) is 27.9 Å². The van der Waals surface area contributed by atoms with Crippen LogP contribution < -0.4 is 4.90 Å². The van der Waals surface area contributed by atoms with Crippen LogP contribution in [0.5, 0.6) is 0 Å². The van der Waals surface area contributed by atoms with Gasteiger partial charge in [-0.2, -0.15) is 13.2 Å². The summed E-state index contributed by atoms with van der Waals surface area (Å²) in [4.78, 5) is 43.4. The SMILES string of the molecule is COCCCCN1C(=O)C(C)(COC)Sc2cc(C(F)(F)F)c(C(=O)N(C(C)C)[C@@H]3CCCN(C(=O)O)C3)cc21. The molecule has 1 aromatic carbocycles. The molecule has 13 heteroatoms. The molecule has 0 radical (unpaired) electrons. The summed E-state index contributed by atoms with van der Waals surface area (Å²) in [5, 5.41) is 9.47. The van der Waals surface area contributed by atoms with Gasteiger partial charge >= 0.3 is 12.3 Å². The van der Waals surface area contributed by atoms with Crippen molar-refractivity contribution >= 4 is 35.4 Å². The molecule has 3 rings (SSSR count). The number of methoxy groups -OCH3 is 2. The number of unbranched alkanes of at least 4 members (excludes halogenated alkanes) is 1. The van der Waals surface area contributed by atoms with Crippen LogP contribution in [0.2, 0.25) is 0 Å². The van der Waals surface area contributed by atoms with E-state index in [-0.39, 0.29) is 36.2 Å². The first-order valence-corrected chi connectivity index (χ1v) is 14.1. The second kappa shape index (κ2) is 13.0. The molecule has 0 spiro atoms. The molecule has 0 bridgehead atoms. The van der Waals surface area contributed by atoms with Gasteiger partial charge in [0.05, 0.1) is 29.5 Å². The highest BCUT2D eigenvalue weighted by molar-refractivity contribution is 8.01. The fourth-order valence-electron chi connectivity index (χ4n) is 5.38. The third-order valence-corrected chi connectivity index (χ3v) is 8.50. The number of fused-ring (bicyclic) bond motifs is 1. The van der Waals surface area contributed by atoms with E-state index in [4.69, 9.17) is 9.47 Å². The van der Waals surface area contributed by atoms with E-state index in [1.807, 2.05) is 0 Å². The Kier molecular flexibility index (Phi) is 10.4. The van der Waals surface area contributed by atoms with Crippen molar-refractivity contribution in [2.75, 3.05) is 52.0 Å². The zero-order valence-corrected chi connectivity index (χ0v) is 24.4. The van der Waals surface area contributed by atoms with Gasteiger partial charge in [-0.05, 0) is 58.6 Å². The van der Waals surface area contributed by atoms with Gasteiger partial charge < -0.3 is 29.3 Å². The number of carbonyl (C=O) groups is 3. The normalized spacial score (nSPS) is 21.5. The lowest BCUT2D eigenvalue weighted by atomic mass is 9.98. The monoisotopic (exact) mass is 589 g/mol. The summed E-state index contributed by atoms with van der Waals surface area (Å²) < 4.78 is 52.6. The Morgan fingerprint density at radius 1 is 1.23 bits per heavy atom. The van der Waals surface area contributed by atoms with Gasteiger partial charge in [-0.15, -0.1) is 11.8 Å². The molecule has 0 aliphatic carbocycles. The minimum absolute atomic E-state index is 0.00453. The topological polar surface area (TPSA) is 99.6 Å². The van der Waals surface area contributed by atoms with Gasteiger partial charge in [0.2, 0.25) is 5.91 Å². The number of hydrogen-bond acceptors (Lipinski definition) is 6. The lowest BCUT2D eigenvalue weighted by molar-refractivity contribution is -0.138. The summed E-state index contributed by atoms with van der Waals surface area (Å²) in [6.07, 6.45) is -3.84. The standard InChI is InChI=1S/C27H38F3N3O6S/c1-17(2)33(18-9-8-10-31(15-18)25(36)37)23(34)19-13-21-22(14-20(19)27(28,29)30)40-26(3,16-39-5)24(35)32(21)11-6-7-12-38-4/h13-14,17-18H,6-12,15-16H2,1-5H3,(H,36,37)/t18-,26?/m1/s1. The minimum Gasteiger partial charge on any atom is -0.465 e. The minimum atomic E-state index is -4.84. The molecular formula is C27H38F3N3O6S. The molecule has 1 unspecified atom stereocenters. The van der Waals surface area contributed by atoms with Crippen molar-refractivity contribution in [3.63, 3.8) is 0 Å². The highest BCUT2D eigenvalue weighted by Gasteiger charge is 2.47. The zero-order chi connectivity index (χ0) is 29.8. The van der Waals surface area contributed by atoms with Crippen LogP contribution >= 0.6 is 11.8 Å². The van der Waals surface area contributed by atoms with Crippen LogP contribution in [0, 0.1) is 0 Å². The molecule has 2 aliphatic rings. The molecule has 40 heavy (non-hydrogen) atoms. The van der Waals surface area contributed by atoms with E-state index in [0.717, 1.165) is 17.8 Å². The average molecular weight is 590 g/mol. The molecule has 0 saturated carbocycles. The van der Waals surface area contributed by atoms with Crippen LogP contribution in [0.3, 0.4) is 0 Å². The number of hydrogen-bond donors (Lipinski definition) is 1. The maximum atomic E-state index is 14.5. The van der Waals surface area contributed by atoms with Crippen molar-refractivity contribution < 1.29 is 42.1 Å². The summed E-state index contributed by atoms with van der Waals surface area (Å²) in [6.45, 7) is 6.04. The molecule has 0 aromatic heterocycles. The zero-order valence-electron chi connectivity index (χ0n) is 23.5. The van der Waals surface area contributed by atoms with Gasteiger partial charge in [0.1, 0.15) is 4.75 Å². The second-order valence-electron chi connectivity index (χ2n) is 10.6. The molecule has 1 aromatic rings. The van der Waals surface area contributed by atoms with Gasteiger partial charge in [0, 0.05) is 51.4 Å². The van der Waals surface area contributed by atoms with Crippen LogP contribution in [-0.2, 0) is 20.4 Å². The molecule has 2 heterocycles. The maximum Gasteiger partial charge on any atom is 0.417 e. The van der Waals surface area contributed by atoms with Crippen molar-refractivity contribution in [2.24, 2.45) is 0 Å². The van der Waals surface area contributed by atoms with Crippen LogP contribution in [0.4, 0.5) is 23.7 Å². The quantitative estimate of drug-likeness (QED) is 0.385. The van der Waals surface area contributed by atoms with Gasteiger partial charge in [-0.1, -0.05) is 0 Å². The summed E-state index contributed by atoms with van der Waals surface area (Å²) in [5.41, 5.74) is -1.40.